The number of benzene rings is 5. The molecule has 0 aliphatic carbocycles. The molecule has 5 aromatic rings. The van der Waals surface area contributed by atoms with Gasteiger partial charge in [-0.3, -0.25) is 0 Å². The Morgan fingerprint density at radius 1 is 0.410 bits per heavy atom. The number of halogens is 3. The van der Waals surface area contributed by atoms with Gasteiger partial charge in [0.15, 0.2) is 0 Å². The Morgan fingerprint density at radius 2 is 0.718 bits per heavy atom. The fourth-order valence-corrected chi connectivity index (χ4v) is 4.57. The molecule has 0 atom stereocenters. The highest BCUT2D eigenvalue weighted by molar-refractivity contribution is 5.55. The third kappa shape index (κ3) is 5.25. The molecule has 0 aromatic heterocycles. The summed E-state index contributed by atoms with van der Waals surface area (Å²) in [6.07, 6.45) is -4.67. The van der Waals surface area contributed by atoms with Crippen molar-refractivity contribution in [1.29, 1.82) is 0 Å². The number of hydrogen-bond donors (Lipinski definition) is 2. The summed E-state index contributed by atoms with van der Waals surface area (Å²) < 4.78 is 57.6. The molecule has 4 N–H and O–H groups in total. The lowest BCUT2D eigenvalue weighted by atomic mass is 9.69. The molecule has 0 aliphatic rings. The average molecular weight is 527 g/mol. The van der Waals surface area contributed by atoms with Crippen LogP contribution in [0.5, 0.6) is 23.0 Å². The molecule has 0 amide bonds. The van der Waals surface area contributed by atoms with Gasteiger partial charge in [-0.2, -0.15) is 13.2 Å². The first-order valence-corrected chi connectivity index (χ1v) is 12.2. The minimum atomic E-state index is -4.67. The molecule has 0 spiro atoms. The molecule has 0 heterocycles. The fourth-order valence-electron chi connectivity index (χ4n) is 4.57. The first-order chi connectivity index (χ1) is 18.8. The number of anilines is 2. The molecule has 4 nitrogen and oxygen atoms in total. The van der Waals surface area contributed by atoms with E-state index in [9.17, 15) is 0 Å². The van der Waals surface area contributed by atoms with E-state index < -0.39 is 11.6 Å². The van der Waals surface area contributed by atoms with Gasteiger partial charge in [-0.25, -0.2) is 0 Å². The van der Waals surface area contributed by atoms with Gasteiger partial charge in [0.1, 0.15) is 28.4 Å². The molecule has 0 unspecified atom stereocenters. The van der Waals surface area contributed by atoms with Gasteiger partial charge in [0, 0.05) is 11.4 Å². The van der Waals surface area contributed by atoms with E-state index in [1.807, 2.05) is 0 Å². The summed E-state index contributed by atoms with van der Waals surface area (Å²) in [6, 6.07) is 33.4. The topological polar surface area (TPSA) is 70.5 Å². The van der Waals surface area contributed by atoms with Crippen LogP contribution in [-0.2, 0) is 5.41 Å². The molecular formula is C32H25F3N2O2. The smallest absolute Gasteiger partial charge is 0.406 e. The molecule has 196 valence electrons. The number of nitrogen functional groups attached to an aromatic ring is 2. The molecule has 39 heavy (non-hydrogen) atoms. The lowest BCUT2D eigenvalue weighted by Crippen LogP contribution is -2.44. The van der Waals surface area contributed by atoms with Crippen LogP contribution >= 0.6 is 0 Å². The highest BCUT2D eigenvalue weighted by Gasteiger charge is 2.58. The molecule has 0 saturated heterocycles. The van der Waals surface area contributed by atoms with E-state index in [1.54, 1.807) is 66.7 Å². The van der Waals surface area contributed by atoms with Crippen molar-refractivity contribution in [3.8, 4) is 23.0 Å². The maximum atomic E-state index is 15.3. The standard InChI is InChI=1S/C32H25F3N2O2/c33-32(34,35)31(22-4-2-1-3-5-22,23-6-14-27(15-7-23)38-29-18-10-25(36)11-19-29)24-8-16-28(17-9-24)39-30-20-12-26(37)13-21-30/h1-21H,36-37H2. The zero-order valence-electron chi connectivity index (χ0n) is 20.7. The maximum absolute atomic E-state index is 15.3. The fraction of sp³-hybridized carbons (Fsp3) is 0.0625. The van der Waals surface area contributed by atoms with Gasteiger partial charge in [0.05, 0.1) is 0 Å². The summed E-state index contributed by atoms with van der Waals surface area (Å²) in [4.78, 5) is 0. The molecule has 0 aliphatic heterocycles. The van der Waals surface area contributed by atoms with Crippen molar-refractivity contribution in [3.63, 3.8) is 0 Å². The van der Waals surface area contributed by atoms with E-state index in [1.165, 1.54) is 60.7 Å². The van der Waals surface area contributed by atoms with Crippen LogP contribution in [0.1, 0.15) is 16.7 Å². The summed E-state index contributed by atoms with van der Waals surface area (Å²) in [5.74, 6) is 1.86. The quantitative estimate of drug-likeness (QED) is 0.165. The van der Waals surface area contributed by atoms with E-state index in [4.69, 9.17) is 20.9 Å². The lowest BCUT2D eigenvalue weighted by molar-refractivity contribution is -0.166. The number of hydrogen-bond acceptors (Lipinski definition) is 4. The zero-order chi connectivity index (χ0) is 27.5. The molecule has 7 heteroatoms. The Labute approximate surface area is 224 Å². The molecular weight excluding hydrogens is 501 g/mol. The second-order valence-corrected chi connectivity index (χ2v) is 9.00. The van der Waals surface area contributed by atoms with Crippen molar-refractivity contribution in [1.82, 2.24) is 0 Å². The molecule has 5 aromatic carbocycles. The van der Waals surface area contributed by atoms with Gasteiger partial charge in [0.2, 0.25) is 0 Å². The van der Waals surface area contributed by atoms with Crippen molar-refractivity contribution in [2.45, 2.75) is 11.6 Å². The Morgan fingerprint density at radius 3 is 1.05 bits per heavy atom. The van der Waals surface area contributed by atoms with E-state index in [-0.39, 0.29) is 16.7 Å². The molecule has 0 bridgehead atoms. The third-order valence-electron chi connectivity index (χ3n) is 6.44. The van der Waals surface area contributed by atoms with Crippen LogP contribution in [0.2, 0.25) is 0 Å². The number of alkyl halides is 3. The Bertz CT molecular complexity index is 1430. The monoisotopic (exact) mass is 526 g/mol. The SMILES string of the molecule is Nc1ccc(Oc2ccc(C(c3ccccc3)(c3ccc(Oc4ccc(N)cc4)cc3)C(F)(F)F)cc2)cc1. The van der Waals surface area contributed by atoms with Gasteiger partial charge < -0.3 is 20.9 Å². The predicted octanol–water partition coefficient (Wildman–Crippen LogP) is 8.33. The first kappa shape index (κ1) is 25.7. The third-order valence-corrected chi connectivity index (χ3v) is 6.44. The van der Waals surface area contributed by atoms with Crippen LogP contribution in [0.3, 0.4) is 0 Å². The van der Waals surface area contributed by atoms with E-state index in [0.717, 1.165) is 0 Å². The van der Waals surface area contributed by atoms with E-state index in [2.05, 4.69) is 0 Å². The highest BCUT2D eigenvalue weighted by atomic mass is 19.4. The second-order valence-electron chi connectivity index (χ2n) is 9.00. The minimum absolute atomic E-state index is 0.0538. The summed E-state index contributed by atoms with van der Waals surface area (Å²) in [7, 11) is 0. The van der Waals surface area contributed by atoms with Gasteiger partial charge in [-0.15, -0.1) is 0 Å². The number of ether oxygens (including phenoxy) is 2. The van der Waals surface area contributed by atoms with Crippen molar-refractivity contribution in [2.24, 2.45) is 0 Å². The molecule has 0 saturated carbocycles. The minimum Gasteiger partial charge on any atom is -0.457 e. The van der Waals surface area contributed by atoms with Gasteiger partial charge >= 0.3 is 6.18 Å². The summed E-state index contributed by atoms with van der Waals surface area (Å²) in [5, 5.41) is 0. The van der Waals surface area contributed by atoms with Crippen molar-refractivity contribution in [2.75, 3.05) is 11.5 Å². The molecule has 5 rings (SSSR count). The number of rotatable bonds is 7. The Balaban J connectivity index is 1.56. The summed E-state index contributed by atoms with van der Waals surface area (Å²) in [6.45, 7) is 0. The van der Waals surface area contributed by atoms with Crippen LogP contribution in [0.15, 0.2) is 127 Å². The van der Waals surface area contributed by atoms with Crippen molar-refractivity contribution in [3.05, 3.63) is 144 Å². The first-order valence-electron chi connectivity index (χ1n) is 12.2. The predicted molar refractivity (Wildman–Crippen MR) is 147 cm³/mol. The van der Waals surface area contributed by atoms with Gasteiger partial charge in [-0.1, -0.05) is 54.6 Å². The zero-order valence-corrected chi connectivity index (χ0v) is 20.7. The summed E-state index contributed by atoms with van der Waals surface area (Å²) >= 11 is 0. The van der Waals surface area contributed by atoms with Crippen LogP contribution in [0.25, 0.3) is 0 Å². The van der Waals surface area contributed by atoms with Crippen LogP contribution in [0.4, 0.5) is 24.5 Å². The van der Waals surface area contributed by atoms with Crippen molar-refractivity contribution < 1.29 is 22.6 Å². The second kappa shape index (κ2) is 10.5. The van der Waals surface area contributed by atoms with Crippen molar-refractivity contribution >= 4 is 11.4 Å². The Kier molecular flexibility index (Phi) is 6.90. The normalized spacial score (nSPS) is 11.7. The van der Waals surface area contributed by atoms with Crippen LogP contribution in [-0.4, -0.2) is 6.18 Å². The molecule has 0 radical (unpaired) electrons. The Hall–Kier alpha value is -4.91. The average Bonchev–Trinajstić information content (AvgIpc) is 2.93. The number of nitrogens with two attached hydrogens (primary N) is 2. The molecule has 0 fully saturated rings. The van der Waals surface area contributed by atoms with Crippen LogP contribution < -0.4 is 20.9 Å². The van der Waals surface area contributed by atoms with E-state index in [0.29, 0.717) is 34.4 Å². The highest BCUT2D eigenvalue weighted by Crippen LogP contribution is 2.51. The summed E-state index contributed by atoms with van der Waals surface area (Å²) in [5.41, 5.74) is 10.4. The van der Waals surface area contributed by atoms with E-state index >= 15 is 13.2 Å². The van der Waals surface area contributed by atoms with Crippen LogP contribution in [0, 0.1) is 0 Å². The maximum Gasteiger partial charge on any atom is 0.406 e. The largest absolute Gasteiger partial charge is 0.457 e. The van der Waals surface area contributed by atoms with Gasteiger partial charge in [0.25, 0.3) is 0 Å². The van der Waals surface area contributed by atoms with Gasteiger partial charge in [-0.05, 0) is 89.5 Å². The lowest BCUT2D eigenvalue weighted by Gasteiger charge is -2.37.